The molecule has 1 fully saturated rings. The number of nitrogens with one attached hydrogen (secondary N) is 2. The summed E-state index contributed by atoms with van der Waals surface area (Å²) in [6.07, 6.45) is 3.12. The van der Waals surface area contributed by atoms with E-state index >= 15 is 0 Å². The summed E-state index contributed by atoms with van der Waals surface area (Å²) < 4.78 is 22.8. The van der Waals surface area contributed by atoms with Crippen molar-refractivity contribution in [1.82, 2.24) is 10.6 Å². The van der Waals surface area contributed by atoms with E-state index in [1.54, 1.807) is 24.3 Å². The molecular formula is C15H22N2O3S. The zero-order valence-corrected chi connectivity index (χ0v) is 13.2. The highest BCUT2D eigenvalue weighted by molar-refractivity contribution is 7.90. The number of hydrogen-bond acceptors (Lipinski definition) is 4. The van der Waals surface area contributed by atoms with E-state index in [2.05, 4.69) is 10.6 Å². The molecule has 0 radical (unpaired) electrons. The molecule has 6 heteroatoms. The average Bonchev–Trinajstić information content (AvgIpc) is 2.47. The molecule has 5 nitrogen and oxygen atoms in total. The summed E-state index contributed by atoms with van der Waals surface area (Å²) in [6.45, 7) is 3.61. The zero-order valence-electron chi connectivity index (χ0n) is 12.4. The van der Waals surface area contributed by atoms with Crippen LogP contribution in [0.1, 0.15) is 31.4 Å². The van der Waals surface area contributed by atoms with Gasteiger partial charge in [-0.25, -0.2) is 8.42 Å². The van der Waals surface area contributed by atoms with Crippen LogP contribution >= 0.6 is 0 Å². The van der Waals surface area contributed by atoms with Crippen LogP contribution in [0.3, 0.4) is 0 Å². The van der Waals surface area contributed by atoms with Crippen LogP contribution in [-0.4, -0.2) is 33.7 Å². The van der Waals surface area contributed by atoms with Gasteiger partial charge in [-0.15, -0.1) is 0 Å². The Labute approximate surface area is 126 Å². The first kappa shape index (κ1) is 16.0. The highest BCUT2D eigenvalue weighted by Crippen LogP contribution is 2.18. The number of carbonyl (C=O) groups is 1. The highest BCUT2D eigenvalue weighted by atomic mass is 32.2. The monoisotopic (exact) mass is 310 g/mol. The minimum absolute atomic E-state index is 0.0245. The number of carbonyl (C=O) groups excluding carboxylic acids is 1. The topological polar surface area (TPSA) is 75.3 Å². The van der Waals surface area contributed by atoms with Gasteiger partial charge in [0.25, 0.3) is 0 Å². The van der Waals surface area contributed by atoms with Crippen LogP contribution in [0.15, 0.2) is 29.2 Å². The minimum Gasteiger partial charge on any atom is -0.349 e. The van der Waals surface area contributed by atoms with Crippen molar-refractivity contribution in [2.75, 3.05) is 19.3 Å². The molecule has 0 aliphatic carbocycles. The lowest BCUT2D eigenvalue weighted by atomic mass is 9.98. The van der Waals surface area contributed by atoms with Crippen LogP contribution in [0, 0.1) is 5.92 Å². The molecule has 2 rings (SSSR count). The van der Waals surface area contributed by atoms with Gasteiger partial charge < -0.3 is 10.6 Å². The van der Waals surface area contributed by atoms with Crippen molar-refractivity contribution in [2.45, 2.75) is 30.7 Å². The summed E-state index contributed by atoms with van der Waals surface area (Å²) in [5.41, 5.74) is 0.902. The van der Waals surface area contributed by atoms with Crippen LogP contribution in [0.4, 0.5) is 0 Å². The number of benzene rings is 1. The second-order valence-electron chi connectivity index (χ2n) is 5.61. The van der Waals surface area contributed by atoms with E-state index in [0.29, 0.717) is 4.90 Å². The van der Waals surface area contributed by atoms with E-state index < -0.39 is 9.84 Å². The van der Waals surface area contributed by atoms with Crippen LogP contribution in [0.25, 0.3) is 0 Å². The van der Waals surface area contributed by atoms with Gasteiger partial charge in [0.05, 0.1) is 16.9 Å². The van der Waals surface area contributed by atoms with Crippen LogP contribution in [-0.2, 0) is 14.6 Å². The fourth-order valence-corrected chi connectivity index (χ4v) is 3.12. The fourth-order valence-electron chi connectivity index (χ4n) is 2.49. The largest absolute Gasteiger partial charge is 0.349 e. The van der Waals surface area contributed by atoms with Crippen molar-refractivity contribution >= 4 is 15.7 Å². The molecule has 1 aliphatic rings. The van der Waals surface area contributed by atoms with Crippen molar-refractivity contribution in [3.05, 3.63) is 29.8 Å². The molecule has 116 valence electrons. The molecule has 21 heavy (non-hydrogen) atoms. The summed E-state index contributed by atoms with van der Waals surface area (Å²) >= 11 is 0. The van der Waals surface area contributed by atoms with E-state index in [4.69, 9.17) is 0 Å². The van der Waals surface area contributed by atoms with Crippen LogP contribution in [0.5, 0.6) is 0 Å². The maximum atomic E-state index is 12.2. The maximum Gasteiger partial charge on any atom is 0.224 e. The predicted molar refractivity (Wildman–Crippen MR) is 81.7 cm³/mol. The van der Waals surface area contributed by atoms with Gasteiger partial charge >= 0.3 is 0 Å². The molecule has 2 atom stereocenters. The Bertz CT molecular complexity index is 590. The summed E-state index contributed by atoms with van der Waals surface area (Å²) in [5, 5.41) is 6.22. The Morgan fingerprint density at radius 3 is 2.52 bits per heavy atom. The Kier molecular flexibility index (Phi) is 5.00. The lowest BCUT2D eigenvalue weighted by Gasteiger charge is -2.24. The van der Waals surface area contributed by atoms with Gasteiger partial charge in [-0.2, -0.15) is 0 Å². The molecule has 1 heterocycles. The molecule has 1 saturated heterocycles. The van der Waals surface area contributed by atoms with Gasteiger partial charge in [0.15, 0.2) is 9.84 Å². The Morgan fingerprint density at radius 1 is 1.33 bits per heavy atom. The third-order valence-electron chi connectivity index (χ3n) is 3.83. The van der Waals surface area contributed by atoms with E-state index in [9.17, 15) is 13.2 Å². The van der Waals surface area contributed by atoms with Crippen molar-refractivity contribution in [3.63, 3.8) is 0 Å². The normalized spacial score (nSPS) is 20.8. The number of rotatable bonds is 4. The van der Waals surface area contributed by atoms with Gasteiger partial charge in [-0.05, 0) is 44.0 Å². The molecule has 0 bridgehead atoms. The summed E-state index contributed by atoms with van der Waals surface area (Å²) in [6, 6.07) is 6.53. The van der Waals surface area contributed by atoms with Crippen molar-refractivity contribution in [3.8, 4) is 0 Å². The molecule has 0 aromatic heterocycles. The number of hydrogen-bond donors (Lipinski definition) is 2. The minimum atomic E-state index is -3.18. The van der Waals surface area contributed by atoms with Crippen LogP contribution < -0.4 is 10.6 Å². The van der Waals surface area contributed by atoms with Crippen LogP contribution in [0.2, 0.25) is 0 Å². The van der Waals surface area contributed by atoms with E-state index in [1.165, 1.54) is 6.26 Å². The molecule has 1 unspecified atom stereocenters. The Morgan fingerprint density at radius 2 is 2.00 bits per heavy atom. The quantitative estimate of drug-likeness (QED) is 0.878. The first-order valence-electron chi connectivity index (χ1n) is 7.19. The first-order chi connectivity index (χ1) is 9.88. The zero-order chi connectivity index (χ0) is 15.5. The standard InChI is InChI=1S/C15H22N2O3S/c1-11(17-15(18)13-4-3-9-16-10-13)12-5-7-14(8-6-12)21(2,19)20/h5-8,11,13,16H,3-4,9-10H2,1-2H3,(H,17,18)/t11?,13-/m1/s1. The van der Waals surface area contributed by atoms with Gasteiger partial charge in [-0.3, -0.25) is 4.79 Å². The van der Waals surface area contributed by atoms with Crippen molar-refractivity contribution in [2.24, 2.45) is 5.92 Å². The molecular weight excluding hydrogens is 288 g/mol. The van der Waals surface area contributed by atoms with Gasteiger partial charge in [0, 0.05) is 12.8 Å². The highest BCUT2D eigenvalue weighted by Gasteiger charge is 2.22. The van der Waals surface area contributed by atoms with E-state index in [1.807, 2.05) is 6.92 Å². The average molecular weight is 310 g/mol. The molecule has 1 amide bonds. The van der Waals surface area contributed by atoms with Crippen molar-refractivity contribution in [1.29, 1.82) is 0 Å². The smallest absolute Gasteiger partial charge is 0.224 e. The number of amides is 1. The second-order valence-corrected chi connectivity index (χ2v) is 7.63. The Balaban J connectivity index is 1.99. The third kappa shape index (κ3) is 4.28. The second kappa shape index (κ2) is 6.58. The SMILES string of the molecule is CC(NC(=O)[C@@H]1CCCNC1)c1ccc(S(C)(=O)=O)cc1. The lowest BCUT2D eigenvalue weighted by Crippen LogP contribution is -2.41. The lowest BCUT2D eigenvalue weighted by molar-refractivity contribution is -0.126. The predicted octanol–water partition coefficient (Wildman–Crippen LogP) is 1.27. The fraction of sp³-hybridized carbons (Fsp3) is 0.533. The third-order valence-corrected chi connectivity index (χ3v) is 4.96. The first-order valence-corrected chi connectivity index (χ1v) is 9.08. The van der Waals surface area contributed by atoms with E-state index in [-0.39, 0.29) is 17.9 Å². The molecule has 1 aromatic carbocycles. The molecule has 1 aliphatic heterocycles. The summed E-state index contributed by atoms with van der Waals surface area (Å²) in [7, 11) is -3.18. The summed E-state index contributed by atoms with van der Waals surface area (Å²) in [5.74, 6) is 0.0818. The van der Waals surface area contributed by atoms with Crippen molar-refractivity contribution < 1.29 is 13.2 Å². The van der Waals surface area contributed by atoms with E-state index in [0.717, 1.165) is 31.5 Å². The molecule has 0 spiro atoms. The summed E-state index contributed by atoms with van der Waals surface area (Å²) in [4.78, 5) is 12.5. The molecule has 1 aromatic rings. The number of sulfone groups is 1. The Hall–Kier alpha value is -1.40. The molecule has 2 N–H and O–H groups in total. The number of piperidine rings is 1. The van der Waals surface area contributed by atoms with Gasteiger partial charge in [0.1, 0.15) is 0 Å². The maximum absolute atomic E-state index is 12.2. The molecule has 0 saturated carbocycles. The van der Waals surface area contributed by atoms with Gasteiger partial charge in [-0.1, -0.05) is 12.1 Å². The van der Waals surface area contributed by atoms with Gasteiger partial charge in [0.2, 0.25) is 5.91 Å².